The van der Waals surface area contributed by atoms with Crippen molar-refractivity contribution in [3.8, 4) is 0 Å². The standard InChI is InChI=1S/C13H20BrN3O/c1-10-16-11(14)7-12(17-10)15-8-13(9-18)5-3-2-4-6-13/h7,18H,2-6,8-9H2,1H3,(H,15,16,17). The van der Waals surface area contributed by atoms with Gasteiger partial charge in [0.15, 0.2) is 0 Å². The minimum Gasteiger partial charge on any atom is -0.396 e. The van der Waals surface area contributed by atoms with Crippen molar-refractivity contribution in [2.75, 3.05) is 18.5 Å². The molecule has 1 heterocycles. The Labute approximate surface area is 116 Å². The van der Waals surface area contributed by atoms with Gasteiger partial charge in [0.2, 0.25) is 0 Å². The normalized spacial score (nSPS) is 18.6. The summed E-state index contributed by atoms with van der Waals surface area (Å²) in [5.41, 5.74) is 0.0313. The summed E-state index contributed by atoms with van der Waals surface area (Å²) in [4.78, 5) is 8.53. The molecule has 4 nitrogen and oxygen atoms in total. The van der Waals surface area contributed by atoms with E-state index in [0.29, 0.717) is 0 Å². The van der Waals surface area contributed by atoms with Crippen molar-refractivity contribution in [1.29, 1.82) is 0 Å². The molecule has 0 aromatic carbocycles. The first-order chi connectivity index (χ1) is 8.63. The molecular weight excluding hydrogens is 294 g/mol. The third-order valence-corrected chi connectivity index (χ3v) is 4.11. The van der Waals surface area contributed by atoms with Crippen LogP contribution in [0.4, 0.5) is 5.82 Å². The number of aliphatic hydroxyl groups excluding tert-OH is 1. The second-order valence-corrected chi connectivity index (χ2v) is 6.01. The number of hydrogen-bond acceptors (Lipinski definition) is 4. The molecule has 100 valence electrons. The van der Waals surface area contributed by atoms with Crippen LogP contribution in [0, 0.1) is 12.3 Å². The van der Waals surface area contributed by atoms with E-state index < -0.39 is 0 Å². The Morgan fingerprint density at radius 3 is 2.67 bits per heavy atom. The molecule has 2 N–H and O–H groups in total. The zero-order chi connectivity index (χ0) is 13.0. The zero-order valence-electron chi connectivity index (χ0n) is 10.7. The molecule has 0 spiro atoms. The van der Waals surface area contributed by atoms with Crippen LogP contribution in [0.2, 0.25) is 0 Å². The highest BCUT2D eigenvalue weighted by Crippen LogP contribution is 2.35. The van der Waals surface area contributed by atoms with E-state index in [-0.39, 0.29) is 12.0 Å². The molecule has 5 heteroatoms. The first kappa shape index (κ1) is 13.7. The van der Waals surface area contributed by atoms with Crippen molar-refractivity contribution in [2.45, 2.75) is 39.0 Å². The van der Waals surface area contributed by atoms with Gasteiger partial charge in [-0.05, 0) is 35.7 Å². The molecule has 0 amide bonds. The molecule has 0 unspecified atom stereocenters. The fraction of sp³-hybridized carbons (Fsp3) is 0.692. The number of rotatable bonds is 4. The highest BCUT2D eigenvalue weighted by molar-refractivity contribution is 9.10. The number of nitrogens with one attached hydrogen (secondary N) is 1. The summed E-state index contributed by atoms with van der Waals surface area (Å²) in [6.07, 6.45) is 5.92. The van der Waals surface area contributed by atoms with Gasteiger partial charge in [-0.15, -0.1) is 0 Å². The number of halogens is 1. The van der Waals surface area contributed by atoms with Gasteiger partial charge in [0, 0.05) is 18.0 Å². The van der Waals surface area contributed by atoms with E-state index in [1.807, 2.05) is 13.0 Å². The van der Waals surface area contributed by atoms with Crippen LogP contribution in [-0.2, 0) is 0 Å². The van der Waals surface area contributed by atoms with Gasteiger partial charge in [0.05, 0.1) is 6.61 Å². The number of nitrogens with zero attached hydrogens (tertiary/aromatic N) is 2. The maximum atomic E-state index is 9.65. The van der Waals surface area contributed by atoms with Gasteiger partial charge in [0.1, 0.15) is 16.2 Å². The molecule has 1 aromatic heterocycles. The minimum absolute atomic E-state index is 0.0313. The van der Waals surface area contributed by atoms with Gasteiger partial charge >= 0.3 is 0 Å². The van der Waals surface area contributed by atoms with Crippen molar-refractivity contribution in [3.05, 3.63) is 16.5 Å². The summed E-state index contributed by atoms with van der Waals surface area (Å²) in [6.45, 7) is 2.91. The lowest BCUT2D eigenvalue weighted by molar-refractivity contribution is 0.0943. The molecular formula is C13H20BrN3O. The van der Waals surface area contributed by atoms with Crippen molar-refractivity contribution in [3.63, 3.8) is 0 Å². The molecule has 18 heavy (non-hydrogen) atoms. The molecule has 0 aliphatic heterocycles. The third-order valence-electron chi connectivity index (χ3n) is 3.70. The molecule has 0 atom stereocenters. The monoisotopic (exact) mass is 313 g/mol. The van der Waals surface area contributed by atoms with Gasteiger partial charge in [-0.25, -0.2) is 9.97 Å². The summed E-state index contributed by atoms with van der Waals surface area (Å²) in [5.74, 6) is 1.57. The van der Waals surface area contributed by atoms with Gasteiger partial charge in [0.25, 0.3) is 0 Å². The molecule has 0 bridgehead atoms. The average molecular weight is 314 g/mol. The fourth-order valence-electron chi connectivity index (χ4n) is 2.59. The summed E-state index contributed by atoms with van der Waals surface area (Å²) in [5, 5.41) is 13.0. The van der Waals surface area contributed by atoms with E-state index in [2.05, 4.69) is 31.2 Å². The largest absolute Gasteiger partial charge is 0.396 e. The predicted molar refractivity (Wildman–Crippen MR) is 75.6 cm³/mol. The summed E-state index contributed by atoms with van der Waals surface area (Å²) in [7, 11) is 0. The van der Waals surface area contributed by atoms with Crippen LogP contribution < -0.4 is 5.32 Å². The third kappa shape index (κ3) is 3.42. The molecule has 0 radical (unpaired) electrons. The molecule has 0 saturated heterocycles. The Hall–Kier alpha value is -0.680. The number of aliphatic hydroxyl groups is 1. The molecule has 1 aliphatic carbocycles. The lowest BCUT2D eigenvalue weighted by Gasteiger charge is -2.35. The predicted octanol–water partition coefficient (Wildman–Crippen LogP) is 2.90. The summed E-state index contributed by atoms with van der Waals surface area (Å²) in [6, 6.07) is 1.88. The van der Waals surface area contributed by atoms with E-state index in [1.54, 1.807) is 0 Å². The van der Waals surface area contributed by atoms with Crippen LogP contribution >= 0.6 is 15.9 Å². The van der Waals surface area contributed by atoms with Gasteiger partial charge in [-0.3, -0.25) is 0 Å². The molecule has 1 saturated carbocycles. The first-order valence-electron chi connectivity index (χ1n) is 6.49. The Kier molecular flexibility index (Phi) is 4.56. The Bertz CT molecular complexity index is 385. The lowest BCUT2D eigenvalue weighted by Crippen LogP contribution is -2.35. The highest BCUT2D eigenvalue weighted by atomic mass is 79.9. The number of hydrogen-bond donors (Lipinski definition) is 2. The quantitative estimate of drug-likeness (QED) is 0.839. The lowest BCUT2D eigenvalue weighted by atomic mass is 9.74. The van der Waals surface area contributed by atoms with E-state index >= 15 is 0 Å². The zero-order valence-corrected chi connectivity index (χ0v) is 12.3. The molecule has 1 aromatic rings. The Morgan fingerprint density at radius 1 is 1.33 bits per heavy atom. The van der Waals surface area contributed by atoms with E-state index in [4.69, 9.17) is 0 Å². The van der Waals surface area contributed by atoms with Crippen molar-refractivity contribution >= 4 is 21.7 Å². The Morgan fingerprint density at radius 2 is 2.06 bits per heavy atom. The van der Waals surface area contributed by atoms with Crippen molar-refractivity contribution in [1.82, 2.24) is 9.97 Å². The van der Waals surface area contributed by atoms with Crippen LogP contribution in [0.5, 0.6) is 0 Å². The number of aromatic nitrogens is 2. The van der Waals surface area contributed by atoms with Gasteiger partial charge in [-0.1, -0.05) is 19.3 Å². The fourth-order valence-corrected chi connectivity index (χ4v) is 3.07. The van der Waals surface area contributed by atoms with Crippen LogP contribution in [0.25, 0.3) is 0 Å². The minimum atomic E-state index is 0.0313. The van der Waals surface area contributed by atoms with Crippen molar-refractivity contribution in [2.24, 2.45) is 5.41 Å². The van der Waals surface area contributed by atoms with Gasteiger partial charge < -0.3 is 10.4 Å². The second-order valence-electron chi connectivity index (χ2n) is 5.20. The summed E-state index contributed by atoms with van der Waals surface area (Å²) >= 11 is 3.37. The van der Waals surface area contributed by atoms with Crippen LogP contribution in [-0.4, -0.2) is 28.2 Å². The average Bonchev–Trinajstić information content (AvgIpc) is 2.36. The van der Waals surface area contributed by atoms with Crippen LogP contribution in [0.15, 0.2) is 10.7 Å². The molecule has 1 fully saturated rings. The second kappa shape index (κ2) is 5.97. The molecule has 2 rings (SSSR count). The van der Waals surface area contributed by atoms with E-state index in [1.165, 1.54) is 19.3 Å². The van der Waals surface area contributed by atoms with E-state index in [0.717, 1.165) is 35.6 Å². The maximum absolute atomic E-state index is 9.65. The van der Waals surface area contributed by atoms with Crippen LogP contribution in [0.3, 0.4) is 0 Å². The smallest absolute Gasteiger partial charge is 0.130 e. The first-order valence-corrected chi connectivity index (χ1v) is 7.29. The number of anilines is 1. The number of aryl methyl sites for hydroxylation is 1. The highest BCUT2D eigenvalue weighted by Gasteiger charge is 2.31. The summed E-state index contributed by atoms with van der Waals surface area (Å²) < 4.78 is 0.791. The molecule has 1 aliphatic rings. The van der Waals surface area contributed by atoms with Crippen LogP contribution in [0.1, 0.15) is 37.9 Å². The van der Waals surface area contributed by atoms with Crippen molar-refractivity contribution < 1.29 is 5.11 Å². The van der Waals surface area contributed by atoms with Gasteiger partial charge in [-0.2, -0.15) is 0 Å². The SMILES string of the molecule is Cc1nc(Br)cc(NCC2(CO)CCCCC2)n1. The topological polar surface area (TPSA) is 58.0 Å². The maximum Gasteiger partial charge on any atom is 0.130 e. The van der Waals surface area contributed by atoms with E-state index in [9.17, 15) is 5.11 Å². The Balaban J connectivity index is 2.00.